The number of pyridine rings is 1. The Morgan fingerprint density at radius 3 is 3.18 bits per heavy atom. The van der Waals surface area contributed by atoms with Crippen LogP contribution in [0.4, 0.5) is 11.4 Å². The van der Waals surface area contributed by atoms with Gasteiger partial charge in [-0.2, -0.15) is 0 Å². The molecule has 0 bridgehead atoms. The van der Waals surface area contributed by atoms with E-state index in [0.29, 0.717) is 18.2 Å². The SMILES string of the molecule is NCC1CCCN(c2ccncc2[N+](=O)[O-])C1. The maximum Gasteiger partial charge on any atom is 0.310 e. The van der Waals surface area contributed by atoms with Crippen molar-refractivity contribution in [1.82, 2.24) is 4.98 Å². The summed E-state index contributed by atoms with van der Waals surface area (Å²) in [6.45, 7) is 2.28. The molecule has 2 N–H and O–H groups in total. The third kappa shape index (κ3) is 2.52. The molecule has 6 nitrogen and oxygen atoms in total. The van der Waals surface area contributed by atoms with Gasteiger partial charge < -0.3 is 10.6 Å². The number of rotatable bonds is 3. The number of nitrogens with two attached hydrogens (primary N) is 1. The van der Waals surface area contributed by atoms with Crippen LogP contribution in [0.1, 0.15) is 12.8 Å². The lowest BCUT2D eigenvalue weighted by atomic mass is 9.98. The lowest BCUT2D eigenvalue weighted by Crippen LogP contribution is -2.38. The Hall–Kier alpha value is -1.69. The van der Waals surface area contributed by atoms with Gasteiger partial charge in [-0.1, -0.05) is 0 Å². The zero-order valence-corrected chi connectivity index (χ0v) is 9.58. The summed E-state index contributed by atoms with van der Waals surface area (Å²) in [5.41, 5.74) is 6.40. The topological polar surface area (TPSA) is 85.3 Å². The number of hydrogen-bond donors (Lipinski definition) is 1. The molecule has 1 fully saturated rings. The number of nitro groups is 1. The highest BCUT2D eigenvalue weighted by atomic mass is 16.6. The standard InChI is InChI=1S/C11H16N4O2/c12-6-9-2-1-5-14(8-9)10-3-4-13-7-11(10)15(16)17/h3-4,7,9H,1-2,5-6,8,12H2. The van der Waals surface area contributed by atoms with E-state index in [1.807, 2.05) is 4.90 Å². The highest BCUT2D eigenvalue weighted by Gasteiger charge is 2.24. The van der Waals surface area contributed by atoms with Crippen molar-refractivity contribution in [2.45, 2.75) is 12.8 Å². The summed E-state index contributed by atoms with van der Waals surface area (Å²) < 4.78 is 0. The Morgan fingerprint density at radius 1 is 1.65 bits per heavy atom. The highest BCUT2D eigenvalue weighted by Crippen LogP contribution is 2.30. The van der Waals surface area contributed by atoms with E-state index in [4.69, 9.17) is 5.73 Å². The predicted molar refractivity (Wildman–Crippen MR) is 64.9 cm³/mol. The van der Waals surface area contributed by atoms with E-state index < -0.39 is 0 Å². The average molecular weight is 236 g/mol. The predicted octanol–water partition coefficient (Wildman–Crippen LogP) is 1.16. The monoisotopic (exact) mass is 236 g/mol. The second kappa shape index (κ2) is 5.09. The zero-order chi connectivity index (χ0) is 12.3. The van der Waals surface area contributed by atoms with Gasteiger partial charge in [-0.05, 0) is 31.4 Å². The quantitative estimate of drug-likeness (QED) is 0.628. The molecule has 92 valence electrons. The molecule has 2 rings (SSSR count). The third-order valence-electron chi connectivity index (χ3n) is 3.17. The molecule has 1 aliphatic rings. The Morgan fingerprint density at radius 2 is 2.47 bits per heavy atom. The number of nitrogens with zero attached hydrogens (tertiary/aromatic N) is 3. The van der Waals surface area contributed by atoms with Gasteiger partial charge in [0.1, 0.15) is 11.9 Å². The molecule has 2 heterocycles. The lowest BCUT2D eigenvalue weighted by Gasteiger charge is -2.33. The molecule has 0 aromatic carbocycles. The average Bonchev–Trinajstić information content (AvgIpc) is 2.39. The molecule has 1 saturated heterocycles. The van der Waals surface area contributed by atoms with E-state index in [9.17, 15) is 10.1 Å². The molecule has 1 unspecified atom stereocenters. The largest absolute Gasteiger partial charge is 0.366 e. The van der Waals surface area contributed by atoms with Crippen molar-refractivity contribution in [2.24, 2.45) is 11.7 Å². The molecule has 0 saturated carbocycles. The molecule has 0 amide bonds. The van der Waals surface area contributed by atoms with Crippen LogP contribution in [0.2, 0.25) is 0 Å². The number of aromatic nitrogens is 1. The summed E-state index contributed by atoms with van der Waals surface area (Å²) >= 11 is 0. The minimum absolute atomic E-state index is 0.0742. The van der Waals surface area contributed by atoms with Gasteiger partial charge in [-0.15, -0.1) is 0 Å². The summed E-state index contributed by atoms with van der Waals surface area (Å²) in [7, 11) is 0. The van der Waals surface area contributed by atoms with Crippen LogP contribution in [0.15, 0.2) is 18.5 Å². The van der Waals surface area contributed by atoms with Crippen LogP contribution >= 0.6 is 0 Å². The highest BCUT2D eigenvalue weighted by molar-refractivity contribution is 5.61. The Kier molecular flexibility index (Phi) is 3.53. The first-order valence-corrected chi connectivity index (χ1v) is 5.75. The van der Waals surface area contributed by atoms with Crippen LogP contribution in [-0.4, -0.2) is 29.5 Å². The first kappa shape index (κ1) is 11.8. The molecule has 0 radical (unpaired) electrons. The smallest absolute Gasteiger partial charge is 0.310 e. The van der Waals surface area contributed by atoms with Gasteiger partial charge in [-0.3, -0.25) is 15.1 Å². The zero-order valence-electron chi connectivity index (χ0n) is 9.58. The van der Waals surface area contributed by atoms with Crippen LogP contribution in [0.5, 0.6) is 0 Å². The third-order valence-corrected chi connectivity index (χ3v) is 3.17. The lowest BCUT2D eigenvalue weighted by molar-refractivity contribution is -0.384. The normalized spacial score (nSPS) is 20.3. The molecule has 1 aliphatic heterocycles. The molecule has 17 heavy (non-hydrogen) atoms. The molecular formula is C11H16N4O2. The van der Waals surface area contributed by atoms with Crippen LogP contribution in [0.3, 0.4) is 0 Å². The Bertz CT molecular complexity index is 410. The molecule has 1 atom stereocenters. The molecule has 6 heteroatoms. The van der Waals surface area contributed by atoms with Crippen LogP contribution < -0.4 is 10.6 Å². The fraction of sp³-hybridized carbons (Fsp3) is 0.545. The molecule has 0 spiro atoms. The minimum atomic E-state index is -0.381. The van der Waals surface area contributed by atoms with Crippen LogP contribution in [-0.2, 0) is 0 Å². The second-order valence-corrected chi connectivity index (χ2v) is 4.31. The minimum Gasteiger partial charge on any atom is -0.366 e. The summed E-state index contributed by atoms with van der Waals surface area (Å²) in [6, 6.07) is 1.71. The van der Waals surface area contributed by atoms with Gasteiger partial charge in [0.05, 0.1) is 4.92 Å². The summed E-state index contributed by atoms with van der Waals surface area (Å²) in [4.78, 5) is 16.4. The fourth-order valence-electron chi connectivity index (χ4n) is 2.26. The molecule has 0 aliphatic carbocycles. The maximum absolute atomic E-state index is 10.9. The van der Waals surface area contributed by atoms with Gasteiger partial charge in [0.25, 0.3) is 0 Å². The van der Waals surface area contributed by atoms with Gasteiger partial charge in [0.2, 0.25) is 0 Å². The van der Waals surface area contributed by atoms with Gasteiger partial charge >= 0.3 is 5.69 Å². The van der Waals surface area contributed by atoms with Crippen molar-refractivity contribution in [3.8, 4) is 0 Å². The first-order chi connectivity index (χ1) is 8.22. The molecule has 1 aromatic heterocycles. The number of piperidine rings is 1. The van der Waals surface area contributed by atoms with E-state index >= 15 is 0 Å². The van der Waals surface area contributed by atoms with Gasteiger partial charge in [0.15, 0.2) is 0 Å². The second-order valence-electron chi connectivity index (χ2n) is 4.31. The van der Waals surface area contributed by atoms with Crippen molar-refractivity contribution in [3.05, 3.63) is 28.6 Å². The Labute approximate surface area is 99.6 Å². The van der Waals surface area contributed by atoms with E-state index in [1.54, 1.807) is 12.3 Å². The maximum atomic E-state index is 10.9. The Balaban J connectivity index is 2.24. The van der Waals surface area contributed by atoms with Crippen molar-refractivity contribution in [2.75, 3.05) is 24.5 Å². The first-order valence-electron chi connectivity index (χ1n) is 5.75. The fourth-order valence-corrected chi connectivity index (χ4v) is 2.26. The van der Waals surface area contributed by atoms with Crippen LogP contribution in [0.25, 0.3) is 0 Å². The van der Waals surface area contributed by atoms with E-state index in [-0.39, 0.29) is 10.6 Å². The van der Waals surface area contributed by atoms with Crippen molar-refractivity contribution >= 4 is 11.4 Å². The summed E-state index contributed by atoms with van der Waals surface area (Å²) in [5, 5.41) is 10.9. The van der Waals surface area contributed by atoms with Gasteiger partial charge in [-0.25, -0.2) is 0 Å². The van der Waals surface area contributed by atoms with Crippen molar-refractivity contribution in [3.63, 3.8) is 0 Å². The number of hydrogen-bond acceptors (Lipinski definition) is 5. The van der Waals surface area contributed by atoms with Crippen LogP contribution in [0, 0.1) is 16.0 Å². The summed E-state index contributed by atoms with van der Waals surface area (Å²) in [6.07, 6.45) is 5.03. The van der Waals surface area contributed by atoms with Gasteiger partial charge in [0, 0.05) is 19.3 Å². The van der Waals surface area contributed by atoms with Crippen molar-refractivity contribution < 1.29 is 4.92 Å². The van der Waals surface area contributed by atoms with E-state index in [1.165, 1.54) is 6.20 Å². The summed E-state index contributed by atoms with van der Waals surface area (Å²) in [5.74, 6) is 0.427. The molecular weight excluding hydrogens is 220 g/mol. The molecule has 1 aromatic rings. The van der Waals surface area contributed by atoms with E-state index in [2.05, 4.69) is 4.98 Å². The van der Waals surface area contributed by atoms with Crippen molar-refractivity contribution in [1.29, 1.82) is 0 Å². The van der Waals surface area contributed by atoms with E-state index in [0.717, 1.165) is 25.9 Å². The number of anilines is 1.